The Morgan fingerprint density at radius 2 is 2.10 bits per heavy atom. The summed E-state index contributed by atoms with van der Waals surface area (Å²) in [6.07, 6.45) is 6.75. The van der Waals surface area contributed by atoms with E-state index in [1.165, 1.54) is 25.0 Å². The molecule has 0 spiro atoms. The minimum Gasteiger partial charge on any atom is -0.355 e. The Morgan fingerprint density at radius 3 is 2.76 bits per heavy atom. The van der Waals surface area contributed by atoms with Crippen LogP contribution < -0.4 is 10.6 Å². The van der Waals surface area contributed by atoms with Crippen molar-refractivity contribution in [2.75, 3.05) is 24.5 Å². The summed E-state index contributed by atoms with van der Waals surface area (Å²) in [5.74, 6) is 1.15. The molecule has 2 aromatic rings. The number of aromatic nitrogens is 2. The van der Waals surface area contributed by atoms with Gasteiger partial charge in [0.1, 0.15) is 5.65 Å². The molecule has 0 radical (unpaired) electrons. The Labute approximate surface area is 127 Å². The van der Waals surface area contributed by atoms with Crippen LogP contribution in [-0.2, 0) is 6.42 Å². The summed E-state index contributed by atoms with van der Waals surface area (Å²) in [6.45, 7) is 7.54. The lowest BCUT2D eigenvalue weighted by molar-refractivity contribution is 0.301. The van der Waals surface area contributed by atoms with Gasteiger partial charge in [-0.3, -0.25) is 0 Å². The number of rotatable bonds is 5. The third-order valence-corrected chi connectivity index (χ3v) is 5.23. The van der Waals surface area contributed by atoms with Gasteiger partial charge in [-0.2, -0.15) is 0 Å². The summed E-state index contributed by atoms with van der Waals surface area (Å²) < 4.78 is 2.19. The van der Waals surface area contributed by atoms with E-state index < -0.39 is 0 Å². The molecule has 1 fully saturated rings. The molecule has 0 aromatic carbocycles. The summed E-state index contributed by atoms with van der Waals surface area (Å²) in [4.78, 5) is 7.36. The van der Waals surface area contributed by atoms with Gasteiger partial charge >= 0.3 is 0 Å². The van der Waals surface area contributed by atoms with Crippen molar-refractivity contribution in [1.29, 1.82) is 0 Å². The van der Waals surface area contributed by atoms with Crippen molar-refractivity contribution in [2.45, 2.75) is 39.5 Å². The zero-order valence-electron chi connectivity index (χ0n) is 13.2. The van der Waals surface area contributed by atoms with Crippen LogP contribution in [0, 0.1) is 5.41 Å². The molecule has 1 aliphatic heterocycles. The van der Waals surface area contributed by atoms with Crippen LogP contribution in [0.4, 0.5) is 5.82 Å². The Kier molecular flexibility index (Phi) is 3.89. The van der Waals surface area contributed by atoms with Crippen molar-refractivity contribution in [3.63, 3.8) is 0 Å². The standard InChI is InChI=1S/C17H26N4/c1-3-17(4-2)9-12-20(13-17)16-14(8-10-18)21-11-6-5-7-15(21)19-16/h5-7,11H,3-4,8-10,12-13,18H2,1-2H3. The normalized spacial score (nSPS) is 17.8. The van der Waals surface area contributed by atoms with Gasteiger partial charge in [0.2, 0.25) is 0 Å². The van der Waals surface area contributed by atoms with Gasteiger partial charge in [-0.25, -0.2) is 4.98 Å². The summed E-state index contributed by atoms with van der Waals surface area (Å²) in [7, 11) is 0. The fraction of sp³-hybridized carbons (Fsp3) is 0.588. The third-order valence-electron chi connectivity index (χ3n) is 5.23. The van der Waals surface area contributed by atoms with Gasteiger partial charge in [-0.15, -0.1) is 0 Å². The van der Waals surface area contributed by atoms with Crippen LogP contribution in [0.2, 0.25) is 0 Å². The second-order valence-corrected chi connectivity index (χ2v) is 6.23. The van der Waals surface area contributed by atoms with Crippen LogP contribution in [0.5, 0.6) is 0 Å². The molecule has 4 nitrogen and oxygen atoms in total. The summed E-state index contributed by atoms with van der Waals surface area (Å²) >= 11 is 0. The molecular weight excluding hydrogens is 260 g/mol. The summed E-state index contributed by atoms with van der Waals surface area (Å²) in [6, 6.07) is 6.18. The van der Waals surface area contributed by atoms with E-state index in [1.54, 1.807) is 0 Å². The minimum atomic E-state index is 0.468. The molecule has 4 heteroatoms. The summed E-state index contributed by atoms with van der Waals surface area (Å²) in [5.41, 5.74) is 8.58. The average molecular weight is 286 g/mol. The van der Waals surface area contributed by atoms with Crippen LogP contribution >= 0.6 is 0 Å². The predicted molar refractivity (Wildman–Crippen MR) is 87.8 cm³/mol. The van der Waals surface area contributed by atoms with Gasteiger partial charge in [0.15, 0.2) is 5.82 Å². The number of anilines is 1. The first-order chi connectivity index (χ1) is 10.2. The van der Waals surface area contributed by atoms with Crippen molar-refractivity contribution in [3.05, 3.63) is 30.1 Å². The van der Waals surface area contributed by atoms with Gasteiger partial charge in [0.25, 0.3) is 0 Å². The van der Waals surface area contributed by atoms with E-state index in [1.807, 2.05) is 6.07 Å². The van der Waals surface area contributed by atoms with E-state index in [-0.39, 0.29) is 0 Å². The lowest BCUT2D eigenvalue weighted by atomic mass is 9.82. The van der Waals surface area contributed by atoms with Crippen LogP contribution in [0.3, 0.4) is 0 Å². The second-order valence-electron chi connectivity index (χ2n) is 6.23. The number of pyridine rings is 1. The topological polar surface area (TPSA) is 46.6 Å². The highest BCUT2D eigenvalue weighted by molar-refractivity contribution is 5.56. The predicted octanol–water partition coefficient (Wildman–Crippen LogP) is 2.85. The van der Waals surface area contributed by atoms with Crippen LogP contribution in [0.25, 0.3) is 5.65 Å². The van der Waals surface area contributed by atoms with Crippen molar-refractivity contribution in [2.24, 2.45) is 11.1 Å². The van der Waals surface area contributed by atoms with Crippen molar-refractivity contribution < 1.29 is 0 Å². The highest BCUT2D eigenvalue weighted by atomic mass is 15.3. The molecule has 0 aliphatic carbocycles. The second kappa shape index (κ2) is 5.68. The molecule has 1 saturated heterocycles. The van der Waals surface area contributed by atoms with E-state index >= 15 is 0 Å². The lowest BCUT2D eigenvalue weighted by Gasteiger charge is -2.26. The highest BCUT2D eigenvalue weighted by Gasteiger charge is 2.36. The maximum Gasteiger partial charge on any atom is 0.151 e. The van der Waals surface area contributed by atoms with Crippen molar-refractivity contribution >= 4 is 11.5 Å². The molecule has 3 rings (SSSR count). The SMILES string of the molecule is CCC1(CC)CCN(c2nc3ccccn3c2CCN)C1. The van der Waals surface area contributed by atoms with Gasteiger partial charge < -0.3 is 15.0 Å². The maximum absolute atomic E-state index is 5.82. The smallest absolute Gasteiger partial charge is 0.151 e. The van der Waals surface area contributed by atoms with Gasteiger partial charge in [0.05, 0.1) is 5.69 Å². The van der Waals surface area contributed by atoms with E-state index in [9.17, 15) is 0 Å². The Hall–Kier alpha value is -1.55. The maximum atomic E-state index is 5.82. The van der Waals surface area contributed by atoms with Crippen LogP contribution in [0.15, 0.2) is 24.4 Å². The molecule has 0 amide bonds. The molecule has 0 saturated carbocycles. The first-order valence-electron chi connectivity index (χ1n) is 8.14. The van der Waals surface area contributed by atoms with Crippen LogP contribution in [-0.4, -0.2) is 29.0 Å². The van der Waals surface area contributed by atoms with Gasteiger partial charge in [0, 0.05) is 25.7 Å². The number of imidazole rings is 1. The zero-order valence-corrected chi connectivity index (χ0v) is 13.2. The molecule has 0 bridgehead atoms. The molecule has 2 aromatic heterocycles. The molecule has 0 atom stereocenters. The number of nitrogens with two attached hydrogens (primary N) is 1. The number of nitrogens with zero attached hydrogens (tertiary/aromatic N) is 3. The first kappa shape index (κ1) is 14.4. The molecule has 21 heavy (non-hydrogen) atoms. The van der Waals surface area contributed by atoms with Crippen LogP contribution in [0.1, 0.15) is 38.8 Å². The zero-order chi connectivity index (χ0) is 14.9. The minimum absolute atomic E-state index is 0.468. The third kappa shape index (κ3) is 2.42. The van der Waals surface area contributed by atoms with Crippen molar-refractivity contribution in [1.82, 2.24) is 9.38 Å². The quantitative estimate of drug-likeness (QED) is 0.919. The van der Waals surface area contributed by atoms with Gasteiger partial charge in [-0.1, -0.05) is 19.9 Å². The Morgan fingerprint density at radius 1 is 1.29 bits per heavy atom. The first-order valence-corrected chi connectivity index (χ1v) is 8.14. The van der Waals surface area contributed by atoms with Gasteiger partial charge in [-0.05, 0) is 43.4 Å². The van der Waals surface area contributed by atoms with E-state index in [0.29, 0.717) is 12.0 Å². The molecule has 2 N–H and O–H groups in total. The Balaban J connectivity index is 1.99. The largest absolute Gasteiger partial charge is 0.355 e. The van der Waals surface area contributed by atoms with E-state index in [2.05, 4.69) is 41.5 Å². The fourth-order valence-corrected chi connectivity index (χ4v) is 3.60. The van der Waals surface area contributed by atoms with E-state index in [4.69, 9.17) is 10.7 Å². The fourth-order valence-electron chi connectivity index (χ4n) is 3.60. The number of hydrogen-bond donors (Lipinski definition) is 1. The molecule has 114 valence electrons. The Bertz CT molecular complexity index is 612. The number of hydrogen-bond acceptors (Lipinski definition) is 3. The molecule has 3 heterocycles. The number of fused-ring (bicyclic) bond motifs is 1. The highest BCUT2D eigenvalue weighted by Crippen LogP contribution is 2.39. The molecule has 1 aliphatic rings. The van der Waals surface area contributed by atoms with Crippen molar-refractivity contribution in [3.8, 4) is 0 Å². The monoisotopic (exact) mass is 286 g/mol. The molecular formula is C17H26N4. The average Bonchev–Trinajstić information content (AvgIpc) is 3.10. The lowest BCUT2D eigenvalue weighted by Crippen LogP contribution is -2.27. The summed E-state index contributed by atoms with van der Waals surface area (Å²) in [5, 5.41) is 0. The molecule has 0 unspecified atom stereocenters. The van der Waals surface area contributed by atoms with E-state index in [0.717, 1.165) is 31.0 Å².